The lowest BCUT2D eigenvalue weighted by Crippen LogP contribution is -2.42. The first-order chi connectivity index (χ1) is 6.16. The van der Waals surface area contributed by atoms with Gasteiger partial charge in [-0.15, -0.1) is 0 Å². The van der Waals surface area contributed by atoms with Gasteiger partial charge in [-0.3, -0.25) is 0 Å². The van der Waals surface area contributed by atoms with Crippen LogP contribution >= 0.6 is 22.6 Å². The maximum Gasteiger partial charge on any atom is 0.0403 e. The van der Waals surface area contributed by atoms with Crippen LogP contribution in [-0.4, -0.2) is 10.5 Å². The molecule has 0 aliphatic carbocycles. The van der Waals surface area contributed by atoms with Gasteiger partial charge < -0.3 is 5.32 Å². The average Bonchev–Trinajstić information content (AvgIpc) is 2.10. The van der Waals surface area contributed by atoms with Gasteiger partial charge in [-0.25, -0.2) is 0 Å². The predicted molar refractivity (Wildman–Crippen MR) is 65.7 cm³/mol. The van der Waals surface area contributed by atoms with Crippen LogP contribution in [0.25, 0.3) is 0 Å². The molecule has 1 nitrogen and oxygen atoms in total. The number of hydrogen-bond acceptors (Lipinski definition) is 1. The fourth-order valence-electron chi connectivity index (χ4n) is 1.82. The van der Waals surface area contributed by atoms with Gasteiger partial charge in [-0.1, -0.05) is 49.3 Å². The molecule has 1 N–H and O–H groups in total. The minimum absolute atomic E-state index is 0.544. The van der Waals surface area contributed by atoms with Crippen molar-refractivity contribution in [1.82, 2.24) is 5.32 Å². The Morgan fingerprint density at radius 1 is 1.46 bits per heavy atom. The van der Waals surface area contributed by atoms with Crippen molar-refractivity contribution >= 4 is 22.6 Å². The van der Waals surface area contributed by atoms with Gasteiger partial charge in [0.25, 0.3) is 0 Å². The summed E-state index contributed by atoms with van der Waals surface area (Å²) in [6.07, 6.45) is 1.29. The van der Waals surface area contributed by atoms with Crippen LogP contribution in [0, 0.1) is 29.7 Å². The Hall–Kier alpha value is 0.0900. The lowest BCUT2D eigenvalue weighted by molar-refractivity contribution is 0.263. The molecule has 1 aliphatic rings. The average molecular weight is 291 g/mol. The molecule has 13 heavy (non-hydrogen) atoms. The number of halogens is 1. The van der Waals surface area contributed by atoms with Gasteiger partial charge >= 0.3 is 0 Å². The molecule has 0 spiro atoms. The van der Waals surface area contributed by atoms with Crippen molar-refractivity contribution in [2.75, 3.05) is 4.43 Å². The summed E-state index contributed by atoms with van der Waals surface area (Å²) in [5.41, 5.74) is 0. The summed E-state index contributed by atoms with van der Waals surface area (Å²) >= 11 is 2.45. The molecule has 0 aromatic heterocycles. The molecule has 74 valence electrons. The SMILES string of the molecule is CC1C#CNC([C@H](C)CCI)C1C. The van der Waals surface area contributed by atoms with E-state index in [1.165, 1.54) is 10.8 Å². The third kappa shape index (κ3) is 2.77. The van der Waals surface area contributed by atoms with E-state index in [0.717, 1.165) is 5.92 Å². The normalized spacial score (nSPS) is 34.3. The molecule has 0 bridgehead atoms. The Bertz CT molecular complexity index is 216. The Kier molecular flexibility index (Phi) is 4.37. The zero-order valence-corrected chi connectivity index (χ0v) is 10.8. The molecule has 0 amide bonds. The number of nitrogens with one attached hydrogen (secondary N) is 1. The van der Waals surface area contributed by atoms with Gasteiger partial charge in [0, 0.05) is 18.0 Å². The van der Waals surface area contributed by atoms with Crippen molar-refractivity contribution in [3.05, 3.63) is 0 Å². The first kappa shape index (κ1) is 11.2. The van der Waals surface area contributed by atoms with E-state index in [4.69, 9.17) is 0 Å². The standard InChI is InChI=1S/C11H18IN/c1-8-5-7-13-11(10(8)3)9(2)4-6-12/h8-11,13H,4,6H2,1-3H3/t8?,9-,10?,11?/m1/s1. The second-order valence-electron chi connectivity index (χ2n) is 4.04. The van der Waals surface area contributed by atoms with Gasteiger partial charge in [-0.2, -0.15) is 0 Å². The van der Waals surface area contributed by atoms with Gasteiger partial charge in [0.1, 0.15) is 0 Å². The highest BCUT2D eigenvalue weighted by molar-refractivity contribution is 14.1. The highest BCUT2D eigenvalue weighted by Gasteiger charge is 2.27. The second-order valence-corrected chi connectivity index (χ2v) is 5.12. The summed E-state index contributed by atoms with van der Waals surface area (Å²) in [5.74, 6) is 5.16. The number of hydrogen-bond donors (Lipinski definition) is 1. The Morgan fingerprint density at radius 3 is 2.77 bits per heavy atom. The quantitative estimate of drug-likeness (QED) is 0.479. The zero-order valence-electron chi connectivity index (χ0n) is 8.60. The fourth-order valence-corrected chi connectivity index (χ4v) is 2.81. The molecule has 0 fully saturated rings. The van der Waals surface area contributed by atoms with Crippen molar-refractivity contribution < 1.29 is 0 Å². The van der Waals surface area contributed by atoms with Crippen LogP contribution in [0.4, 0.5) is 0 Å². The highest BCUT2D eigenvalue weighted by Crippen LogP contribution is 2.24. The third-order valence-corrected chi connectivity index (χ3v) is 3.69. The van der Waals surface area contributed by atoms with Crippen LogP contribution in [0.3, 0.4) is 0 Å². The van der Waals surface area contributed by atoms with E-state index in [1.54, 1.807) is 0 Å². The summed E-state index contributed by atoms with van der Waals surface area (Å²) in [4.78, 5) is 0. The van der Waals surface area contributed by atoms with Gasteiger partial charge in [0.05, 0.1) is 0 Å². The maximum absolute atomic E-state index is 3.32. The van der Waals surface area contributed by atoms with E-state index in [-0.39, 0.29) is 0 Å². The van der Waals surface area contributed by atoms with E-state index in [0.29, 0.717) is 17.9 Å². The molecule has 2 heteroatoms. The van der Waals surface area contributed by atoms with E-state index < -0.39 is 0 Å². The summed E-state index contributed by atoms with van der Waals surface area (Å²) in [6, 6.07) is 3.64. The smallest absolute Gasteiger partial charge is 0.0403 e. The van der Waals surface area contributed by atoms with Gasteiger partial charge in [0.15, 0.2) is 0 Å². The Balaban J connectivity index is 2.57. The van der Waals surface area contributed by atoms with Crippen LogP contribution in [0.5, 0.6) is 0 Å². The lowest BCUT2D eigenvalue weighted by atomic mass is 9.80. The van der Waals surface area contributed by atoms with E-state index in [1.807, 2.05) is 0 Å². The number of rotatable bonds is 3. The lowest BCUT2D eigenvalue weighted by Gasteiger charge is -2.33. The molecular weight excluding hydrogens is 273 g/mol. The fraction of sp³-hybridized carbons (Fsp3) is 0.818. The highest BCUT2D eigenvalue weighted by atomic mass is 127. The van der Waals surface area contributed by atoms with Crippen molar-refractivity contribution in [2.24, 2.45) is 17.8 Å². The van der Waals surface area contributed by atoms with Crippen LogP contribution in [-0.2, 0) is 0 Å². The molecule has 0 saturated heterocycles. The summed E-state index contributed by atoms with van der Waals surface area (Å²) < 4.78 is 1.24. The van der Waals surface area contributed by atoms with Crippen molar-refractivity contribution in [3.8, 4) is 12.0 Å². The predicted octanol–water partition coefficient (Wildman–Crippen LogP) is 2.65. The maximum atomic E-state index is 3.32. The van der Waals surface area contributed by atoms with Crippen molar-refractivity contribution in [2.45, 2.75) is 33.2 Å². The Labute approximate surface area is 95.2 Å². The molecule has 1 heterocycles. The minimum Gasteiger partial charge on any atom is -0.342 e. The first-order valence-electron chi connectivity index (χ1n) is 4.98. The monoisotopic (exact) mass is 291 g/mol. The van der Waals surface area contributed by atoms with E-state index in [2.05, 4.69) is 60.6 Å². The summed E-state index contributed by atoms with van der Waals surface area (Å²) in [7, 11) is 0. The first-order valence-corrected chi connectivity index (χ1v) is 6.51. The summed E-state index contributed by atoms with van der Waals surface area (Å²) in [6.45, 7) is 6.86. The van der Waals surface area contributed by atoms with Crippen LogP contribution in [0.2, 0.25) is 0 Å². The molecule has 3 unspecified atom stereocenters. The minimum atomic E-state index is 0.544. The number of alkyl halides is 1. The summed E-state index contributed by atoms with van der Waals surface area (Å²) in [5, 5.41) is 3.32. The van der Waals surface area contributed by atoms with E-state index in [9.17, 15) is 0 Å². The largest absolute Gasteiger partial charge is 0.342 e. The molecule has 0 saturated carbocycles. The van der Waals surface area contributed by atoms with Crippen molar-refractivity contribution in [3.63, 3.8) is 0 Å². The van der Waals surface area contributed by atoms with Crippen molar-refractivity contribution in [1.29, 1.82) is 0 Å². The third-order valence-electron chi connectivity index (χ3n) is 3.07. The zero-order chi connectivity index (χ0) is 9.84. The molecule has 0 aromatic rings. The molecule has 1 aliphatic heterocycles. The molecule has 0 radical (unpaired) electrons. The molecular formula is C11H18IN. The second kappa shape index (κ2) is 5.09. The molecule has 1 rings (SSSR count). The van der Waals surface area contributed by atoms with Crippen LogP contribution < -0.4 is 5.32 Å². The Morgan fingerprint density at radius 2 is 2.15 bits per heavy atom. The molecule has 4 atom stereocenters. The van der Waals surface area contributed by atoms with Crippen LogP contribution in [0.1, 0.15) is 27.2 Å². The van der Waals surface area contributed by atoms with Gasteiger partial charge in [0.2, 0.25) is 0 Å². The van der Waals surface area contributed by atoms with Crippen LogP contribution in [0.15, 0.2) is 0 Å². The topological polar surface area (TPSA) is 12.0 Å². The van der Waals surface area contributed by atoms with E-state index >= 15 is 0 Å². The molecule has 0 aromatic carbocycles. The van der Waals surface area contributed by atoms with Gasteiger partial charge in [-0.05, 0) is 22.7 Å².